The molecular weight excluding hydrogens is 352 g/mol. The van der Waals surface area contributed by atoms with E-state index in [2.05, 4.69) is 34.1 Å². The molecule has 0 spiro atoms. The van der Waals surface area contributed by atoms with Crippen LogP contribution >= 0.6 is 0 Å². The quantitative estimate of drug-likeness (QED) is 0.562. The molecule has 0 aliphatic carbocycles. The van der Waals surface area contributed by atoms with Crippen LogP contribution in [0.4, 0.5) is 0 Å². The van der Waals surface area contributed by atoms with Crippen LogP contribution in [0.2, 0.25) is 0 Å². The Morgan fingerprint density at radius 1 is 1.18 bits per heavy atom. The summed E-state index contributed by atoms with van der Waals surface area (Å²) in [7, 11) is 0. The fourth-order valence-corrected chi connectivity index (χ4v) is 3.07. The number of amides is 1. The van der Waals surface area contributed by atoms with E-state index >= 15 is 0 Å². The van der Waals surface area contributed by atoms with Crippen molar-refractivity contribution in [3.63, 3.8) is 0 Å². The van der Waals surface area contributed by atoms with Gasteiger partial charge in [-0.1, -0.05) is 6.07 Å². The Morgan fingerprint density at radius 2 is 2.00 bits per heavy atom. The Morgan fingerprint density at radius 3 is 2.75 bits per heavy atom. The molecule has 0 aliphatic rings. The van der Waals surface area contributed by atoms with Gasteiger partial charge in [-0.15, -0.1) is 0 Å². The van der Waals surface area contributed by atoms with Gasteiger partial charge in [-0.05, 0) is 50.1 Å². The Labute approximate surface area is 163 Å². The Kier molecular flexibility index (Phi) is 4.89. The van der Waals surface area contributed by atoms with Gasteiger partial charge in [0.2, 0.25) is 0 Å². The predicted molar refractivity (Wildman–Crippen MR) is 107 cm³/mol. The largest absolute Gasteiger partial charge is 0.350 e. The third-order valence-corrected chi connectivity index (χ3v) is 4.64. The number of hydrogen-bond donors (Lipinski definition) is 1. The monoisotopic (exact) mass is 374 g/mol. The summed E-state index contributed by atoms with van der Waals surface area (Å²) < 4.78 is 3.93. The molecule has 4 heterocycles. The molecule has 0 fully saturated rings. The SMILES string of the molecule is CC(C)n1cnc(-c2nc(C(=O)NCCc3ccncc3)c3ccccn23)c1. The van der Waals surface area contributed by atoms with E-state index in [-0.39, 0.29) is 5.91 Å². The number of nitrogens with one attached hydrogen (secondary N) is 1. The van der Waals surface area contributed by atoms with E-state index in [1.54, 1.807) is 18.7 Å². The molecule has 28 heavy (non-hydrogen) atoms. The normalized spacial score (nSPS) is 11.2. The van der Waals surface area contributed by atoms with Crippen molar-refractivity contribution in [3.8, 4) is 11.5 Å². The molecule has 1 N–H and O–H groups in total. The lowest BCUT2D eigenvalue weighted by atomic mass is 10.2. The van der Waals surface area contributed by atoms with Crippen LogP contribution in [0.1, 0.15) is 35.9 Å². The molecule has 0 radical (unpaired) electrons. The molecule has 0 saturated carbocycles. The summed E-state index contributed by atoms with van der Waals surface area (Å²) in [4.78, 5) is 25.9. The van der Waals surface area contributed by atoms with E-state index in [4.69, 9.17) is 0 Å². The summed E-state index contributed by atoms with van der Waals surface area (Å²) in [5.41, 5.74) is 3.04. The minimum atomic E-state index is -0.188. The van der Waals surface area contributed by atoms with Gasteiger partial charge < -0.3 is 9.88 Å². The fourth-order valence-electron chi connectivity index (χ4n) is 3.07. The van der Waals surface area contributed by atoms with Crippen LogP contribution in [-0.4, -0.2) is 36.4 Å². The first-order valence-corrected chi connectivity index (χ1v) is 9.31. The maximum Gasteiger partial charge on any atom is 0.272 e. The van der Waals surface area contributed by atoms with Crippen molar-refractivity contribution >= 4 is 11.4 Å². The molecule has 0 atom stereocenters. The fraction of sp³-hybridized carbons (Fsp3) is 0.238. The number of nitrogens with zero attached hydrogens (tertiary/aromatic N) is 5. The van der Waals surface area contributed by atoms with E-state index in [0.717, 1.165) is 23.2 Å². The first-order chi connectivity index (χ1) is 13.6. The Bertz CT molecular complexity index is 1100. The highest BCUT2D eigenvalue weighted by molar-refractivity contribution is 5.99. The average molecular weight is 374 g/mol. The minimum Gasteiger partial charge on any atom is -0.350 e. The third-order valence-electron chi connectivity index (χ3n) is 4.64. The van der Waals surface area contributed by atoms with Crippen LogP contribution < -0.4 is 5.32 Å². The predicted octanol–water partition coefficient (Wildman–Crippen LogP) is 3.15. The van der Waals surface area contributed by atoms with E-state index < -0.39 is 0 Å². The molecule has 7 heteroatoms. The molecule has 4 rings (SSSR count). The molecule has 0 aliphatic heterocycles. The highest BCUT2D eigenvalue weighted by atomic mass is 16.1. The summed E-state index contributed by atoms with van der Waals surface area (Å²) >= 11 is 0. The van der Waals surface area contributed by atoms with E-state index in [0.29, 0.717) is 24.1 Å². The van der Waals surface area contributed by atoms with Crippen molar-refractivity contribution in [2.45, 2.75) is 26.3 Å². The number of aromatic nitrogens is 5. The maximum absolute atomic E-state index is 12.8. The molecule has 7 nitrogen and oxygen atoms in total. The number of fused-ring (bicyclic) bond motifs is 1. The molecule has 0 saturated heterocycles. The zero-order valence-electron chi connectivity index (χ0n) is 15.9. The second-order valence-electron chi connectivity index (χ2n) is 6.90. The third kappa shape index (κ3) is 3.51. The number of hydrogen-bond acceptors (Lipinski definition) is 4. The topological polar surface area (TPSA) is 77.1 Å². The minimum absolute atomic E-state index is 0.188. The van der Waals surface area contributed by atoms with Crippen molar-refractivity contribution < 1.29 is 4.79 Å². The van der Waals surface area contributed by atoms with Crippen LogP contribution in [0.25, 0.3) is 17.0 Å². The Hall–Kier alpha value is -3.48. The summed E-state index contributed by atoms with van der Waals surface area (Å²) in [6.07, 6.45) is 9.90. The van der Waals surface area contributed by atoms with Crippen LogP contribution in [0.3, 0.4) is 0 Å². The summed E-state index contributed by atoms with van der Waals surface area (Å²) in [5.74, 6) is 0.474. The second-order valence-corrected chi connectivity index (χ2v) is 6.90. The first kappa shape index (κ1) is 17.9. The zero-order valence-corrected chi connectivity index (χ0v) is 15.9. The molecule has 1 amide bonds. The number of rotatable bonds is 6. The van der Waals surface area contributed by atoms with Crippen LogP contribution in [0.5, 0.6) is 0 Å². The summed E-state index contributed by atoms with van der Waals surface area (Å²) in [6.45, 7) is 4.72. The zero-order chi connectivity index (χ0) is 19.5. The van der Waals surface area contributed by atoms with Crippen molar-refractivity contribution in [1.82, 2.24) is 29.2 Å². The number of carbonyl (C=O) groups is 1. The van der Waals surface area contributed by atoms with Gasteiger partial charge in [0.1, 0.15) is 5.69 Å². The molecule has 4 aromatic heterocycles. The van der Waals surface area contributed by atoms with Crippen LogP contribution in [0, 0.1) is 0 Å². The van der Waals surface area contributed by atoms with E-state index in [1.165, 1.54) is 0 Å². The van der Waals surface area contributed by atoms with Crippen molar-refractivity contribution in [3.05, 3.63) is 72.7 Å². The number of carbonyl (C=O) groups excluding carboxylic acids is 1. The van der Waals surface area contributed by atoms with Gasteiger partial charge in [0.15, 0.2) is 11.5 Å². The molecule has 0 unspecified atom stereocenters. The van der Waals surface area contributed by atoms with Gasteiger partial charge >= 0.3 is 0 Å². The van der Waals surface area contributed by atoms with Gasteiger partial charge in [0.25, 0.3) is 5.91 Å². The molecule has 0 aromatic carbocycles. The van der Waals surface area contributed by atoms with Crippen LogP contribution in [0.15, 0.2) is 61.4 Å². The molecule has 0 bridgehead atoms. The lowest BCUT2D eigenvalue weighted by Crippen LogP contribution is -2.26. The molecular formula is C21H22N6O. The van der Waals surface area contributed by atoms with Gasteiger partial charge in [0, 0.05) is 37.4 Å². The number of pyridine rings is 2. The van der Waals surface area contributed by atoms with Crippen molar-refractivity contribution in [1.29, 1.82) is 0 Å². The lowest BCUT2D eigenvalue weighted by molar-refractivity contribution is 0.0951. The van der Waals surface area contributed by atoms with E-state index in [1.807, 2.05) is 51.7 Å². The lowest BCUT2D eigenvalue weighted by Gasteiger charge is -2.03. The number of imidazole rings is 2. The van der Waals surface area contributed by atoms with Gasteiger partial charge in [-0.3, -0.25) is 14.2 Å². The second kappa shape index (κ2) is 7.64. The Balaban J connectivity index is 1.59. The van der Waals surface area contributed by atoms with Crippen molar-refractivity contribution in [2.75, 3.05) is 6.54 Å². The van der Waals surface area contributed by atoms with Crippen molar-refractivity contribution in [2.24, 2.45) is 0 Å². The summed E-state index contributed by atoms with van der Waals surface area (Å²) in [6, 6.07) is 9.92. The van der Waals surface area contributed by atoms with Gasteiger partial charge in [-0.2, -0.15) is 0 Å². The smallest absolute Gasteiger partial charge is 0.272 e. The van der Waals surface area contributed by atoms with Gasteiger partial charge in [0.05, 0.1) is 11.8 Å². The van der Waals surface area contributed by atoms with Gasteiger partial charge in [-0.25, -0.2) is 9.97 Å². The maximum atomic E-state index is 12.8. The molecule has 142 valence electrons. The standard InChI is InChI=1S/C21H22N6O/c1-15(2)26-13-17(24-14-26)20-25-19(18-5-3-4-12-27(18)20)21(28)23-11-8-16-6-9-22-10-7-16/h3-7,9-10,12-15H,8,11H2,1-2H3,(H,23,28). The molecule has 4 aromatic rings. The first-order valence-electron chi connectivity index (χ1n) is 9.31. The highest BCUT2D eigenvalue weighted by Crippen LogP contribution is 2.22. The van der Waals surface area contributed by atoms with Crippen LogP contribution in [-0.2, 0) is 6.42 Å². The highest BCUT2D eigenvalue weighted by Gasteiger charge is 2.19. The average Bonchev–Trinajstić information content (AvgIpc) is 3.34. The van der Waals surface area contributed by atoms with E-state index in [9.17, 15) is 4.79 Å². The summed E-state index contributed by atoms with van der Waals surface area (Å²) in [5, 5.41) is 2.97.